The van der Waals surface area contributed by atoms with E-state index >= 15 is 0 Å². The Labute approximate surface area is 88.5 Å². The van der Waals surface area contributed by atoms with Gasteiger partial charge in [0.2, 0.25) is 5.76 Å². The van der Waals surface area contributed by atoms with Gasteiger partial charge in [-0.3, -0.25) is 4.79 Å². The van der Waals surface area contributed by atoms with Gasteiger partial charge in [-0.15, -0.1) is 0 Å². The van der Waals surface area contributed by atoms with E-state index in [-0.39, 0.29) is 18.3 Å². The third-order valence-electron chi connectivity index (χ3n) is 2.07. The van der Waals surface area contributed by atoms with Crippen molar-refractivity contribution in [3.8, 4) is 0 Å². The van der Waals surface area contributed by atoms with Crippen LogP contribution in [0.2, 0.25) is 0 Å². The zero-order chi connectivity index (χ0) is 11.1. The number of oxazole rings is 1. The quantitative estimate of drug-likeness (QED) is 0.686. The van der Waals surface area contributed by atoms with Crippen molar-refractivity contribution in [2.24, 2.45) is 0 Å². The summed E-state index contributed by atoms with van der Waals surface area (Å²) in [6.45, 7) is 2.53. The van der Waals surface area contributed by atoms with Crippen LogP contribution in [0.25, 0.3) is 0 Å². The number of rotatable bonds is 6. The molecule has 0 aliphatic rings. The van der Waals surface area contributed by atoms with E-state index in [0.29, 0.717) is 12.2 Å². The summed E-state index contributed by atoms with van der Waals surface area (Å²) >= 11 is 0. The number of hydrogen-bond donors (Lipinski definition) is 2. The maximum Gasteiger partial charge on any atom is 0.288 e. The van der Waals surface area contributed by atoms with Crippen LogP contribution in [0.1, 0.15) is 35.5 Å². The van der Waals surface area contributed by atoms with Gasteiger partial charge >= 0.3 is 0 Å². The topological polar surface area (TPSA) is 75.4 Å². The highest BCUT2D eigenvalue weighted by Gasteiger charge is 2.12. The number of aromatic nitrogens is 1. The van der Waals surface area contributed by atoms with Crippen molar-refractivity contribution in [1.82, 2.24) is 10.3 Å². The highest BCUT2D eigenvalue weighted by Crippen LogP contribution is 2.04. The van der Waals surface area contributed by atoms with Gasteiger partial charge in [-0.2, -0.15) is 0 Å². The maximum absolute atomic E-state index is 11.5. The van der Waals surface area contributed by atoms with Gasteiger partial charge in [0.1, 0.15) is 0 Å². The zero-order valence-corrected chi connectivity index (χ0v) is 8.82. The first-order chi connectivity index (χ1) is 7.25. The highest BCUT2D eigenvalue weighted by atomic mass is 16.3. The molecule has 84 valence electrons. The fourth-order valence-corrected chi connectivity index (χ4v) is 1.22. The van der Waals surface area contributed by atoms with E-state index in [2.05, 4.69) is 10.3 Å². The number of aliphatic hydroxyl groups is 1. The molecule has 0 atom stereocenters. The number of carbonyl (C=O) groups excluding carboxylic acids is 1. The summed E-state index contributed by atoms with van der Waals surface area (Å²) < 4.78 is 4.94. The molecule has 0 radical (unpaired) electrons. The van der Waals surface area contributed by atoms with E-state index in [0.717, 1.165) is 19.3 Å². The molecule has 0 fully saturated rings. The van der Waals surface area contributed by atoms with E-state index in [1.165, 1.54) is 6.39 Å². The molecule has 0 saturated carbocycles. The Bertz CT molecular complexity index is 309. The SMILES string of the molecule is Cc1ncoc1C(=O)NCCCCCO. The van der Waals surface area contributed by atoms with Crippen LogP contribution in [-0.4, -0.2) is 29.1 Å². The standard InChI is InChI=1S/C10H16N2O3/c1-8-9(15-7-12-8)10(14)11-5-3-2-4-6-13/h7,13H,2-6H2,1H3,(H,11,14). The van der Waals surface area contributed by atoms with Crippen LogP contribution in [0, 0.1) is 6.92 Å². The molecule has 1 aromatic rings. The average molecular weight is 212 g/mol. The van der Waals surface area contributed by atoms with Gasteiger partial charge in [-0.1, -0.05) is 0 Å². The molecule has 5 heteroatoms. The molecule has 0 aliphatic heterocycles. The first-order valence-electron chi connectivity index (χ1n) is 5.05. The molecular formula is C10H16N2O3. The lowest BCUT2D eigenvalue weighted by atomic mass is 10.2. The predicted octanol–water partition coefficient (Wildman–Crippen LogP) is 0.875. The van der Waals surface area contributed by atoms with Crippen molar-refractivity contribution < 1.29 is 14.3 Å². The largest absolute Gasteiger partial charge is 0.438 e. The fraction of sp³-hybridized carbons (Fsp3) is 0.600. The summed E-state index contributed by atoms with van der Waals surface area (Å²) in [4.78, 5) is 15.3. The summed E-state index contributed by atoms with van der Waals surface area (Å²) in [6, 6.07) is 0. The molecule has 5 nitrogen and oxygen atoms in total. The van der Waals surface area contributed by atoms with Gasteiger partial charge in [0, 0.05) is 13.2 Å². The molecule has 0 bridgehead atoms. The molecule has 1 amide bonds. The average Bonchev–Trinajstić information content (AvgIpc) is 2.64. The second-order valence-electron chi connectivity index (χ2n) is 3.31. The summed E-state index contributed by atoms with van der Waals surface area (Å²) in [5.41, 5.74) is 0.600. The highest BCUT2D eigenvalue weighted by molar-refractivity contribution is 5.92. The van der Waals surface area contributed by atoms with Crippen molar-refractivity contribution in [3.05, 3.63) is 17.8 Å². The Morgan fingerprint density at radius 2 is 2.33 bits per heavy atom. The van der Waals surface area contributed by atoms with Gasteiger partial charge in [0.05, 0.1) is 5.69 Å². The van der Waals surface area contributed by atoms with Crippen LogP contribution in [0.5, 0.6) is 0 Å². The van der Waals surface area contributed by atoms with Crippen molar-refractivity contribution in [2.45, 2.75) is 26.2 Å². The van der Waals surface area contributed by atoms with Crippen LogP contribution < -0.4 is 5.32 Å². The minimum atomic E-state index is -0.228. The zero-order valence-electron chi connectivity index (χ0n) is 8.82. The van der Waals surface area contributed by atoms with E-state index in [9.17, 15) is 4.79 Å². The summed E-state index contributed by atoms with van der Waals surface area (Å²) in [7, 11) is 0. The third kappa shape index (κ3) is 3.71. The summed E-state index contributed by atoms with van der Waals surface area (Å²) in [5, 5.41) is 11.3. The number of nitrogens with one attached hydrogen (secondary N) is 1. The van der Waals surface area contributed by atoms with E-state index in [1.807, 2.05) is 0 Å². The second kappa shape index (κ2) is 6.19. The van der Waals surface area contributed by atoms with Crippen LogP contribution in [0.4, 0.5) is 0 Å². The molecule has 0 saturated heterocycles. The van der Waals surface area contributed by atoms with Crippen LogP contribution >= 0.6 is 0 Å². The van der Waals surface area contributed by atoms with Gasteiger partial charge < -0.3 is 14.8 Å². The Morgan fingerprint density at radius 3 is 2.93 bits per heavy atom. The monoisotopic (exact) mass is 212 g/mol. The Balaban J connectivity index is 2.22. The first-order valence-corrected chi connectivity index (χ1v) is 5.05. The molecule has 1 aromatic heterocycles. The second-order valence-corrected chi connectivity index (χ2v) is 3.31. The molecule has 0 spiro atoms. The molecule has 1 heterocycles. The Kier molecular flexibility index (Phi) is 4.83. The Hall–Kier alpha value is -1.36. The van der Waals surface area contributed by atoms with E-state index in [4.69, 9.17) is 9.52 Å². The number of unbranched alkanes of at least 4 members (excludes halogenated alkanes) is 2. The van der Waals surface area contributed by atoms with Crippen LogP contribution in [0.15, 0.2) is 10.8 Å². The lowest BCUT2D eigenvalue weighted by Gasteiger charge is -2.02. The third-order valence-corrected chi connectivity index (χ3v) is 2.07. The number of amides is 1. The lowest BCUT2D eigenvalue weighted by molar-refractivity contribution is 0.0924. The molecule has 2 N–H and O–H groups in total. The van der Waals surface area contributed by atoms with E-state index in [1.54, 1.807) is 6.92 Å². The van der Waals surface area contributed by atoms with Crippen molar-refractivity contribution in [2.75, 3.05) is 13.2 Å². The van der Waals surface area contributed by atoms with Gasteiger partial charge in [0.15, 0.2) is 6.39 Å². The number of carbonyl (C=O) groups is 1. The minimum Gasteiger partial charge on any atom is -0.438 e. The smallest absolute Gasteiger partial charge is 0.288 e. The maximum atomic E-state index is 11.5. The number of hydrogen-bond acceptors (Lipinski definition) is 4. The molecule has 0 unspecified atom stereocenters. The fourth-order valence-electron chi connectivity index (χ4n) is 1.22. The molecule has 1 rings (SSSR count). The van der Waals surface area contributed by atoms with Crippen molar-refractivity contribution >= 4 is 5.91 Å². The van der Waals surface area contributed by atoms with E-state index < -0.39 is 0 Å². The number of aliphatic hydroxyl groups excluding tert-OH is 1. The minimum absolute atomic E-state index is 0.204. The normalized spacial score (nSPS) is 10.3. The first kappa shape index (κ1) is 11.7. The molecule has 15 heavy (non-hydrogen) atoms. The predicted molar refractivity (Wildman–Crippen MR) is 54.5 cm³/mol. The van der Waals surface area contributed by atoms with Crippen molar-refractivity contribution in [1.29, 1.82) is 0 Å². The van der Waals surface area contributed by atoms with Gasteiger partial charge in [0.25, 0.3) is 5.91 Å². The lowest BCUT2D eigenvalue weighted by Crippen LogP contribution is -2.24. The van der Waals surface area contributed by atoms with Crippen LogP contribution in [0.3, 0.4) is 0 Å². The number of aryl methyl sites for hydroxylation is 1. The van der Waals surface area contributed by atoms with Crippen molar-refractivity contribution in [3.63, 3.8) is 0 Å². The molecular weight excluding hydrogens is 196 g/mol. The Morgan fingerprint density at radius 1 is 1.53 bits per heavy atom. The number of nitrogens with zero attached hydrogens (tertiary/aromatic N) is 1. The van der Waals surface area contributed by atoms with Gasteiger partial charge in [-0.05, 0) is 26.2 Å². The molecule has 0 aliphatic carbocycles. The summed E-state index contributed by atoms with van der Waals surface area (Å²) in [6.07, 6.45) is 3.80. The van der Waals surface area contributed by atoms with Gasteiger partial charge in [-0.25, -0.2) is 4.98 Å². The molecule has 0 aromatic carbocycles. The van der Waals surface area contributed by atoms with Crippen LogP contribution in [-0.2, 0) is 0 Å². The summed E-state index contributed by atoms with van der Waals surface area (Å²) in [5.74, 6) is 0.0474.